The van der Waals surface area contributed by atoms with Gasteiger partial charge in [0, 0.05) is 50.5 Å². The molecule has 7 heteroatoms. The molecule has 166 valence electrons. The number of aromatic amines is 1. The zero-order valence-corrected chi connectivity index (χ0v) is 18.9. The predicted octanol–water partition coefficient (Wildman–Crippen LogP) is 2.43. The summed E-state index contributed by atoms with van der Waals surface area (Å²) in [6.07, 6.45) is 4.68. The van der Waals surface area contributed by atoms with Gasteiger partial charge in [-0.1, -0.05) is 12.8 Å². The number of piperazine rings is 1. The smallest absolute Gasteiger partial charge is 0.236 e. The monoisotopic (exact) mass is 416 g/mol. The van der Waals surface area contributed by atoms with Crippen molar-refractivity contribution in [3.05, 3.63) is 22.5 Å². The molecule has 1 aromatic heterocycles. The second kappa shape index (κ2) is 9.88. The lowest BCUT2D eigenvalue weighted by atomic mass is 10.0. The number of H-pyrrole nitrogens is 1. The van der Waals surface area contributed by atoms with Gasteiger partial charge in [0.05, 0.1) is 18.3 Å². The average Bonchev–Trinajstić information content (AvgIpc) is 2.89. The minimum atomic E-state index is -0.259. The van der Waals surface area contributed by atoms with Crippen LogP contribution in [0, 0.1) is 13.8 Å². The van der Waals surface area contributed by atoms with Gasteiger partial charge in [-0.3, -0.25) is 24.2 Å². The van der Waals surface area contributed by atoms with Crippen LogP contribution < -0.4 is 0 Å². The Kier molecular flexibility index (Phi) is 7.47. The van der Waals surface area contributed by atoms with Gasteiger partial charge in [-0.15, -0.1) is 0 Å². The number of likely N-dealkylation sites (tertiary alicyclic amines) is 1. The third-order valence-electron chi connectivity index (χ3n) is 6.69. The first kappa shape index (κ1) is 22.7. The molecule has 30 heavy (non-hydrogen) atoms. The summed E-state index contributed by atoms with van der Waals surface area (Å²) in [6, 6.07) is -0.259. The summed E-state index contributed by atoms with van der Waals surface area (Å²) >= 11 is 0. The van der Waals surface area contributed by atoms with E-state index in [0.717, 1.165) is 63.4 Å². The molecule has 0 unspecified atom stereocenters. The molecule has 7 nitrogen and oxygen atoms in total. The fraction of sp³-hybridized carbons (Fsp3) is 0.696. The van der Waals surface area contributed by atoms with E-state index in [1.807, 2.05) is 25.7 Å². The lowest BCUT2D eigenvalue weighted by molar-refractivity contribution is -0.132. The Hall–Kier alpha value is -1.99. The van der Waals surface area contributed by atoms with Crippen LogP contribution in [0.15, 0.2) is 0 Å². The number of Topliss-reactive ketones (excluding diaryl/α,β-unsaturated/α-hetero) is 2. The summed E-state index contributed by atoms with van der Waals surface area (Å²) in [7, 11) is 0. The van der Waals surface area contributed by atoms with Crippen LogP contribution in [0.2, 0.25) is 0 Å². The van der Waals surface area contributed by atoms with Gasteiger partial charge in [-0.25, -0.2) is 0 Å². The van der Waals surface area contributed by atoms with Gasteiger partial charge < -0.3 is 9.88 Å². The van der Waals surface area contributed by atoms with E-state index in [4.69, 9.17) is 0 Å². The van der Waals surface area contributed by atoms with Crippen LogP contribution >= 0.6 is 0 Å². The molecule has 0 radical (unpaired) electrons. The summed E-state index contributed by atoms with van der Waals surface area (Å²) < 4.78 is 0. The van der Waals surface area contributed by atoms with Crippen molar-refractivity contribution in [1.82, 2.24) is 19.7 Å². The van der Waals surface area contributed by atoms with E-state index in [1.54, 1.807) is 0 Å². The Balaban J connectivity index is 1.54. The van der Waals surface area contributed by atoms with E-state index in [-0.39, 0.29) is 23.5 Å². The van der Waals surface area contributed by atoms with Gasteiger partial charge in [0.15, 0.2) is 11.6 Å². The molecule has 1 amide bonds. The van der Waals surface area contributed by atoms with Crippen molar-refractivity contribution in [2.24, 2.45) is 0 Å². The van der Waals surface area contributed by atoms with Crippen LogP contribution in [0.1, 0.15) is 71.6 Å². The molecule has 0 bridgehead atoms. The molecule has 2 saturated heterocycles. The van der Waals surface area contributed by atoms with Crippen LogP contribution in [-0.4, -0.2) is 89.0 Å². The van der Waals surface area contributed by atoms with Crippen molar-refractivity contribution >= 4 is 17.5 Å². The number of aromatic nitrogens is 1. The first-order chi connectivity index (χ1) is 14.3. The molecule has 0 spiro atoms. The SMILES string of the molecule is CC(=O)c1c(C)[nH]c(C(=O)[C@@H](C)N2CCN(CC(=O)N3CCCCCC3)CC2)c1C. The summed E-state index contributed by atoms with van der Waals surface area (Å²) in [5.41, 5.74) is 2.68. The van der Waals surface area contributed by atoms with Crippen molar-refractivity contribution in [2.75, 3.05) is 45.8 Å². The van der Waals surface area contributed by atoms with Crippen LogP contribution in [0.3, 0.4) is 0 Å². The Morgan fingerprint density at radius 3 is 2.07 bits per heavy atom. The number of hydrogen-bond acceptors (Lipinski definition) is 5. The Bertz CT molecular complexity index is 785. The standard InChI is InChI=1S/C23H36N4O3/c1-16-21(19(4)28)17(2)24-22(16)23(30)18(3)26-13-11-25(12-14-26)15-20(29)27-9-7-5-6-8-10-27/h18,24H,5-15H2,1-4H3/t18-/m1/s1. The molecule has 3 heterocycles. The maximum absolute atomic E-state index is 13.1. The van der Waals surface area contributed by atoms with E-state index in [0.29, 0.717) is 17.8 Å². The second-order valence-corrected chi connectivity index (χ2v) is 8.83. The predicted molar refractivity (Wildman–Crippen MR) is 117 cm³/mol. The van der Waals surface area contributed by atoms with Crippen molar-refractivity contribution in [3.8, 4) is 0 Å². The average molecular weight is 417 g/mol. The number of hydrogen-bond donors (Lipinski definition) is 1. The molecular formula is C23H36N4O3. The first-order valence-electron chi connectivity index (χ1n) is 11.3. The maximum atomic E-state index is 13.1. The van der Waals surface area contributed by atoms with Gasteiger partial charge in [0.2, 0.25) is 5.91 Å². The molecule has 2 fully saturated rings. The lowest BCUT2D eigenvalue weighted by Crippen LogP contribution is -2.53. The molecule has 3 rings (SSSR count). The number of nitrogens with one attached hydrogen (secondary N) is 1. The van der Waals surface area contributed by atoms with Crippen LogP contribution in [0.25, 0.3) is 0 Å². The van der Waals surface area contributed by atoms with Gasteiger partial charge in [0.1, 0.15) is 0 Å². The zero-order valence-electron chi connectivity index (χ0n) is 18.9. The zero-order chi connectivity index (χ0) is 21.8. The largest absolute Gasteiger partial charge is 0.355 e. The van der Waals surface area contributed by atoms with Crippen molar-refractivity contribution in [3.63, 3.8) is 0 Å². The Morgan fingerprint density at radius 2 is 1.53 bits per heavy atom. The highest BCUT2D eigenvalue weighted by Gasteiger charge is 2.30. The number of carbonyl (C=O) groups is 3. The third-order valence-corrected chi connectivity index (χ3v) is 6.69. The highest BCUT2D eigenvalue weighted by Crippen LogP contribution is 2.21. The highest BCUT2D eigenvalue weighted by molar-refractivity contribution is 6.05. The van der Waals surface area contributed by atoms with E-state index in [1.165, 1.54) is 19.8 Å². The molecular weight excluding hydrogens is 380 g/mol. The number of ketones is 2. The highest BCUT2D eigenvalue weighted by atomic mass is 16.2. The van der Waals surface area contributed by atoms with E-state index < -0.39 is 0 Å². The fourth-order valence-corrected chi connectivity index (χ4v) is 4.82. The normalized spacial score (nSPS) is 20.1. The fourth-order valence-electron chi connectivity index (χ4n) is 4.82. The molecule has 1 N–H and O–H groups in total. The Morgan fingerprint density at radius 1 is 0.933 bits per heavy atom. The van der Waals surface area contributed by atoms with Crippen LogP contribution in [-0.2, 0) is 4.79 Å². The summed E-state index contributed by atoms with van der Waals surface area (Å²) in [4.78, 5) is 47.1. The number of nitrogens with zero attached hydrogens (tertiary/aromatic N) is 3. The minimum absolute atomic E-state index is 0.0179. The van der Waals surface area contributed by atoms with E-state index in [2.05, 4.69) is 14.8 Å². The molecule has 0 saturated carbocycles. The quantitative estimate of drug-likeness (QED) is 0.721. The van der Waals surface area contributed by atoms with Gasteiger partial charge in [-0.2, -0.15) is 0 Å². The molecule has 0 aromatic carbocycles. The maximum Gasteiger partial charge on any atom is 0.236 e. The molecule has 2 aliphatic heterocycles. The van der Waals surface area contributed by atoms with Crippen LogP contribution in [0.5, 0.6) is 0 Å². The first-order valence-corrected chi connectivity index (χ1v) is 11.3. The molecule has 0 aliphatic carbocycles. The third kappa shape index (κ3) is 5.01. The topological polar surface area (TPSA) is 76.7 Å². The van der Waals surface area contributed by atoms with Crippen molar-refractivity contribution in [2.45, 2.75) is 59.4 Å². The van der Waals surface area contributed by atoms with Crippen molar-refractivity contribution in [1.29, 1.82) is 0 Å². The lowest BCUT2D eigenvalue weighted by Gasteiger charge is -2.37. The number of aryl methyl sites for hydroxylation is 1. The molecule has 1 aromatic rings. The molecule has 2 aliphatic rings. The van der Waals surface area contributed by atoms with E-state index in [9.17, 15) is 14.4 Å². The summed E-state index contributed by atoms with van der Waals surface area (Å²) in [5, 5.41) is 0. The minimum Gasteiger partial charge on any atom is -0.355 e. The number of rotatable bonds is 6. The number of amides is 1. The van der Waals surface area contributed by atoms with E-state index >= 15 is 0 Å². The summed E-state index contributed by atoms with van der Waals surface area (Å²) in [6.45, 7) is 12.5. The second-order valence-electron chi connectivity index (χ2n) is 8.83. The molecule has 1 atom stereocenters. The van der Waals surface area contributed by atoms with Gasteiger partial charge in [0.25, 0.3) is 0 Å². The Labute approximate surface area is 179 Å². The number of carbonyl (C=O) groups excluding carboxylic acids is 3. The summed E-state index contributed by atoms with van der Waals surface area (Å²) in [5.74, 6) is 0.247. The van der Waals surface area contributed by atoms with Crippen LogP contribution in [0.4, 0.5) is 0 Å². The van der Waals surface area contributed by atoms with Crippen molar-refractivity contribution < 1.29 is 14.4 Å². The van der Waals surface area contributed by atoms with Gasteiger partial charge >= 0.3 is 0 Å². The van der Waals surface area contributed by atoms with Gasteiger partial charge in [-0.05, 0) is 46.1 Å².